The molecule has 0 aliphatic carbocycles. The lowest BCUT2D eigenvalue weighted by Crippen LogP contribution is -2.51. The van der Waals surface area contributed by atoms with Crippen molar-refractivity contribution in [3.63, 3.8) is 0 Å². The van der Waals surface area contributed by atoms with E-state index >= 15 is 0 Å². The van der Waals surface area contributed by atoms with Crippen LogP contribution in [0.3, 0.4) is 0 Å². The topological polar surface area (TPSA) is 114 Å². The predicted octanol–water partition coefficient (Wildman–Crippen LogP) is 0.563. The Morgan fingerprint density at radius 1 is 1.24 bits per heavy atom. The third-order valence-corrected chi connectivity index (χ3v) is 6.29. The second-order valence-corrected chi connectivity index (χ2v) is 7.69. The molecule has 3 rings (SSSR count). The summed E-state index contributed by atoms with van der Waals surface area (Å²) in [6.45, 7) is 4.19. The lowest BCUT2D eigenvalue weighted by atomic mass is 10.4. The van der Waals surface area contributed by atoms with Crippen LogP contribution in [0.1, 0.15) is 11.5 Å². The van der Waals surface area contributed by atoms with Gasteiger partial charge in [-0.25, -0.2) is 13.2 Å². The Hall–Kier alpha value is -2.40. The number of nitrogens with zero attached hydrogens (tertiary/aromatic N) is 5. The van der Waals surface area contributed by atoms with Crippen LogP contribution < -0.4 is 5.32 Å². The van der Waals surface area contributed by atoms with Crippen LogP contribution in [0.15, 0.2) is 21.7 Å². The van der Waals surface area contributed by atoms with Gasteiger partial charge in [-0.1, -0.05) is 5.16 Å². The average molecular weight is 368 g/mol. The minimum atomic E-state index is -3.68. The molecule has 25 heavy (non-hydrogen) atoms. The van der Waals surface area contributed by atoms with E-state index in [9.17, 15) is 13.2 Å². The van der Waals surface area contributed by atoms with Crippen molar-refractivity contribution in [1.29, 1.82) is 0 Å². The van der Waals surface area contributed by atoms with Crippen LogP contribution in [0.5, 0.6) is 0 Å². The highest BCUT2D eigenvalue weighted by molar-refractivity contribution is 7.89. The van der Waals surface area contributed by atoms with Crippen molar-refractivity contribution in [2.75, 3.05) is 31.5 Å². The number of carbonyl (C=O) groups excluding carboxylic acids is 1. The van der Waals surface area contributed by atoms with Crippen molar-refractivity contribution in [3.8, 4) is 0 Å². The standard InChI is InChI=1S/C14H20N6O4S/c1-10-13(11(2)24-17-10)25(22,23)20-8-6-19(7-9-20)14(21)16-12-4-5-15-18(12)3/h4-5H,6-9H2,1-3H3,(H,16,21). The van der Waals surface area contributed by atoms with Crippen LogP contribution in [0.4, 0.5) is 10.6 Å². The quantitative estimate of drug-likeness (QED) is 0.847. The number of nitrogens with one attached hydrogen (secondary N) is 1. The van der Waals surface area contributed by atoms with Gasteiger partial charge in [0.2, 0.25) is 10.0 Å². The Balaban J connectivity index is 1.66. The molecule has 10 nitrogen and oxygen atoms in total. The number of aromatic nitrogens is 3. The molecule has 2 aromatic heterocycles. The Morgan fingerprint density at radius 3 is 2.44 bits per heavy atom. The summed E-state index contributed by atoms with van der Waals surface area (Å²) in [6, 6.07) is 1.41. The second-order valence-electron chi connectivity index (χ2n) is 5.81. The van der Waals surface area contributed by atoms with Gasteiger partial charge in [0, 0.05) is 39.3 Å². The largest absolute Gasteiger partial charge is 0.360 e. The first kappa shape index (κ1) is 17.4. The summed E-state index contributed by atoms with van der Waals surface area (Å²) >= 11 is 0. The smallest absolute Gasteiger partial charge is 0.323 e. The molecule has 1 N–H and O–H groups in total. The number of urea groups is 1. The van der Waals surface area contributed by atoms with Crippen LogP contribution in [0.25, 0.3) is 0 Å². The van der Waals surface area contributed by atoms with Gasteiger partial charge in [0.25, 0.3) is 0 Å². The highest BCUT2D eigenvalue weighted by Crippen LogP contribution is 2.24. The SMILES string of the molecule is Cc1noc(C)c1S(=O)(=O)N1CCN(C(=O)Nc2ccnn2C)CC1. The fourth-order valence-corrected chi connectivity index (χ4v) is 4.50. The summed E-state index contributed by atoms with van der Waals surface area (Å²) in [5.74, 6) is 0.852. The van der Waals surface area contributed by atoms with Crippen LogP contribution in [0.2, 0.25) is 0 Å². The Bertz CT molecular complexity index is 860. The zero-order chi connectivity index (χ0) is 18.2. The van der Waals surface area contributed by atoms with Gasteiger partial charge >= 0.3 is 6.03 Å². The van der Waals surface area contributed by atoms with Crippen molar-refractivity contribution < 1.29 is 17.7 Å². The highest BCUT2D eigenvalue weighted by atomic mass is 32.2. The number of hydrogen-bond acceptors (Lipinski definition) is 6. The number of hydrogen-bond donors (Lipinski definition) is 1. The molecule has 1 saturated heterocycles. The number of rotatable bonds is 3. The van der Waals surface area contributed by atoms with Crippen LogP contribution in [0, 0.1) is 13.8 Å². The number of aryl methyl sites for hydroxylation is 3. The molecule has 3 heterocycles. The number of piperazine rings is 1. The highest BCUT2D eigenvalue weighted by Gasteiger charge is 2.34. The third kappa shape index (κ3) is 3.24. The molecule has 136 valence electrons. The number of anilines is 1. The number of carbonyl (C=O) groups is 1. The zero-order valence-corrected chi connectivity index (χ0v) is 15.1. The number of amides is 2. The molecular weight excluding hydrogens is 348 g/mol. The fourth-order valence-electron chi connectivity index (χ4n) is 2.79. The van der Waals surface area contributed by atoms with Gasteiger partial charge in [-0.3, -0.25) is 10.00 Å². The van der Waals surface area contributed by atoms with Crippen molar-refractivity contribution in [2.45, 2.75) is 18.7 Å². The molecule has 0 bridgehead atoms. The van der Waals surface area contributed by atoms with Crippen molar-refractivity contribution in [3.05, 3.63) is 23.7 Å². The van der Waals surface area contributed by atoms with E-state index in [1.54, 1.807) is 42.7 Å². The van der Waals surface area contributed by atoms with Gasteiger partial charge in [0.05, 0.1) is 6.20 Å². The summed E-state index contributed by atoms with van der Waals surface area (Å²) in [5.41, 5.74) is 0.342. The maximum atomic E-state index is 12.8. The van der Waals surface area contributed by atoms with Gasteiger partial charge in [-0.15, -0.1) is 0 Å². The normalized spacial score (nSPS) is 16.2. The lowest BCUT2D eigenvalue weighted by Gasteiger charge is -2.33. The van der Waals surface area contributed by atoms with E-state index in [1.165, 1.54) is 4.31 Å². The van der Waals surface area contributed by atoms with Crippen LogP contribution in [-0.2, 0) is 17.1 Å². The van der Waals surface area contributed by atoms with Gasteiger partial charge < -0.3 is 9.42 Å². The molecule has 1 aliphatic rings. The van der Waals surface area contributed by atoms with E-state index in [2.05, 4.69) is 15.6 Å². The van der Waals surface area contributed by atoms with E-state index in [4.69, 9.17) is 4.52 Å². The summed E-state index contributed by atoms with van der Waals surface area (Å²) in [4.78, 5) is 14.0. The Labute approximate surface area is 145 Å². The maximum absolute atomic E-state index is 12.8. The van der Waals surface area contributed by atoms with Gasteiger partial charge in [0.15, 0.2) is 5.76 Å². The Kier molecular flexibility index (Phi) is 4.52. The average Bonchev–Trinajstić information content (AvgIpc) is 3.13. The minimum Gasteiger partial charge on any atom is -0.360 e. The molecule has 2 aromatic rings. The first-order chi connectivity index (χ1) is 11.8. The summed E-state index contributed by atoms with van der Waals surface area (Å²) in [5, 5.41) is 10.4. The first-order valence-electron chi connectivity index (χ1n) is 7.77. The lowest BCUT2D eigenvalue weighted by molar-refractivity contribution is 0.184. The van der Waals surface area contributed by atoms with Gasteiger partial charge in [-0.2, -0.15) is 9.40 Å². The summed E-state index contributed by atoms with van der Waals surface area (Å²) in [7, 11) is -1.96. The molecule has 0 radical (unpaired) electrons. The molecular formula is C14H20N6O4S. The van der Waals surface area contributed by atoms with Crippen molar-refractivity contribution in [2.24, 2.45) is 7.05 Å². The maximum Gasteiger partial charge on any atom is 0.323 e. The van der Waals surface area contributed by atoms with E-state index in [1.807, 2.05) is 0 Å². The fraction of sp³-hybridized carbons (Fsp3) is 0.500. The Morgan fingerprint density at radius 2 is 1.92 bits per heavy atom. The molecule has 0 spiro atoms. The first-order valence-corrected chi connectivity index (χ1v) is 9.21. The minimum absolute atomic E-state index is 0.111. The molecule has 2 amide bonds. The molecule has 11 heteroatoms. The third-order valence-electron chi connectivity index (χ3n) is 4.15. The summed E-state index contributed by atoms with van der Waals surface area (Å²) in [6.07, 6.45) is 1.59. The van der Waals surface area contributed by atoms with Gasteiger partial charge in [0.1, 0.15) is 16.4 Å². The predicted molar refractivity (Wildman–Crippen MR) is 88.5 cm³/mol. The van der Waals surface area contributed by atoms with Gasteiger partial charge in [-0.05, 0) is 13.8 Å². The van der Waals surface area contributed by atoms with E-state index in [0.29, 0.717) is 24.6 Å². The van der Waals surface area contributed by atoms with Crippen LogP contribution >= 0.6 is 0 Å². The second kappa shape index (κ2) is 6.48. The molecule has 0 unspecified atom stereocenters. The number of sulfonamides is 1. The monoisotopic (exact) mass is 368 g/mol. The van der Waals surface area contributed by atoms with E-state index in [-0.39, 0.29) is 29.8 Å². The molecule has 0 aromatic carbocycles. The molecule has 1 aliphatic heterocycles. The summed E-state index contributed by atoms with van der Waals surface area (Å²) < 4.78 is 33.4. The van der Waals surface area contributed by atoms with E-state index in [0.717, 1.165) is 0 Å². The molecule has 0 atom stereocenters. The zero-order valence-electron chi connectivity index (χ0n) is 14.3. The van der Waals surface area contributed by atoms with Crippen LogP contribution in [-0.4, -0.2) is 64.8 Å². The van der Waals surface area contributed by atoms with E-state index < -0.39 is 10.0 Å². The molecule has 1 fully saturated rings. The van der Waals surface area contributed by atoms with Crippen molar-refractivity contribution >= 4 is 21.9 Å². The van der Waals surface area contributed by atoms with Crippen molar-refractivity contribution in [1.82, 2.24) is 24.1 Å². The molecule has 0 saturated carbocycles.